The first-order chi connectivity index (χ1) is 15.3. The van der Waals surface area contributed by atoms with E-state index >= 15 is 0 Å². The minimum atomic E-state index is -4.44. The van der Waals surface area contributed by atoms with E-state index < -0.39 is 23.6 Å². The smallest absolute Gasteiger partial charge is 0.417 e. The molecule has 1 aliphatic heterocycles. The zero-order chi connectivity index (χ0) is 22.7. The Morgan fingerprint density at radius 1 is 1.00 bits per heavy atom. The number of hydrogen-bond acceptors (Lipinski definition) is 8. The summed E-state index contributed by atoms with van der Waals surface area (Å²) in [6.45, 7) is 1.40. The lowest BCUT2D eigenvalue weighted by Gasteiger charge is -2.35. The van der Waals surface area contributed by atoms with Crippen molar-refractivity contribution in [1.82, 2.24) is 24.8 Å². The molecule has 0 radical (unpaired) electrons. The fourth-order valence-corrected chi connectivity index (χ4v) is 3.05. The number of alkyl halides is 3. The van der Waals surface area contributed by atoms with E-state index in [0.29, 0.717) is 32.0 Å². The van der Waals surface area contributed by atoms with Crippen molar-refractivity contribution in [3.63, 3.8) is 0 Å². The summed E-state index contributed by atoms with van der Waals surface area (Å²) in [5.41, 5.74) is -0.740. The van der Waals surface area contributed by atoms with Crippen molar-refractivity contribution >= 4 is 23.6 Å². The maximum atomic E-state index is 12.7. The second-order valence-electron chi connectivity index (χ2n) is 6.76. The van der Waals surface area contributed by atoms with Crippen LogP contribution in [0.2, 0.25) is 0 Å². The van der Waals surface area contributed by atoms with Crippen LogP contribution in [0.4, 0.5) is 25.0 Å². The molecule has 0 aliphatic carbocycles. The van der Waals surface area contributed by atoms with Gasteiger partial charge in [-0.25, -0.2) is 9.97 Å². The summed E-state index contributed by atoms with van der Waals surface area (Å²) in [7, 11) is 0. The zero-order valence-corrected chi connectivity index (χ0v) is 16.4. The monoisotopic (exact) mass is 447 g/mol. The second kappa shape index (κ2) is 8.61. The molecular weight excluding hydrogens is 431 g/mol. The normalized spacial score (nSPS) is 14.3. The van der Waals surface area contributed by atoms with Crippen LogP contribution < -0.4 is 10.2 Å². The first kappa shape index (κ1) is 21.2. The summed E-state index contributed by atoms with van der Waals surface area (Å²) >= 11 is 0. The molecule has 0 atom stereocenters. The predicted molar refractivity (Wildman–Crippen MR) is 104 cm³/mol. The number of rotatable bonds is 4. The van der Waals surface area contributed by atoms with Gasteiger partial charge in [0.25, 0.3) is 11.8 Å². The van der Waals surface area contributed by atoms with Crippen LogP contribution in [0.5, 0.6) is 0 Å². The van der Waals surface area contributed by atoms with Crippen molar-refractivity contribution in [2.45, 2.75) is 6.18 Å². The van der Waals surface area contributed by atoms with Crippen molar-refractivity contribution in [3.8, 4) is 0 Å². The van der Waals surface area contributed by atoms with Gasteiger partial charge < -0.3 is 14.2 Å². The number of halogens is 3. The highest BCUT2D eigenvalue weighted by Gasteiger charge is 2.31. The maximum Gasteiger partial charge on any atom is 0.417 e. The Kier molecular flexibility index (Phi) is 5.71. The fraction of sp³-hybridized carbons (Fsp3) is 0.263. The molecule has 3 aromatic heterocycles. The maximum absolute atomic E-state index is 12.7. The molecule has 2 amide bonds. The quantitative estimate of drug-likeness (QED) is 0.646. The number of anilines is 2. The van der Waals surface area contributed by atoms with Crippen molar-refractivity contribution < 1.29 is 27.2 Å². The summed E-state index contributed by atoms with van der Waals surface area (Å²) in [6, 6.07) is 2.13. The van der Waals surface area contributed by atoms with E-state index in [0.717, 1.165) is 18.5 Å². The lowest BCUT2D eigenvalue weighted by atomic mass is 10.2. The minimum Gasteiger partial charge on any atom is -0.431 e. The molecule has 1 N–H and O–H groups in total. The molecule has 0 bridgehead atoms. The van der Waals surface area contributed by atoms with Gasteiger partial charge in [0, 0.05) is 44.8 Å². The van der Waals surface area contributed by atoms with Gasteiger partial charge in [0.05, 0.1) is 11.8 Å². The lowest BCUT2D eigenvalue weighted by Crippen LogP contribution is -2.49. The highest BCUT2D eigenvalue weighted by atomic mass is 19.4. The topological polar surface area (TPSA) is 117 Å². The van der Waals surface area contributed by atoms with Gasteiger partial charge in [-0.3, -0.25) is 19.9 Å². The number of amides is 2. The van der Waals surface area contributed by atoms with Gasteiger partial charge in [-0.1, -0.05) is 0 Å². The average Bonchev–Trinajstić information content (AvgIpc) is 3.27. The van der Waals surface area contributed by atoms with E-state index in [1.807, 2.05) is 0 Å². The Bertz CT molecular complexity index is 1100. The van der Waals surface area contributed by atoms with Gasteiger partial charge in [-0.2, -0.15) is 18.2 Å². The number of hydrogen-bond donors (Lipinski definition) is 1. The molecule has 4 rings (SSSR count). The molecule has 0 aromatic carbocycles. The van der Waals surface area contributed by atoms with E-state index in [-0.39, 0.29) is 17.4 Å². The van der Waals surface area contributed by atoms with Crippen LogP contribution in [0.25, 0.3) is 0 Å². The molecular formula is C19H16F3N7O3. The highest BCUT2D eigenvalue weighted by molar-refractivity contribution is 6.01. The average molecular weight is 447 g/mol. The summed E-state index contributed by atoms with van der Waals surface area (Å²) < 4.78 is 43.2. The van der Waals surface area contributed by atoms with Crippen LogP contribution in [0.1, 0.15) is 26.5 Å². The molecule has 10 nitrogen and oxygen atoms in total. The van der Waals surface area contributed by atoms with Crippen LogP contribution in [0.3, 0.4) is 0 Å². The Balaban J connectivity index is 1.33. The minimum absolute atomic E-state index is 0.0144. The number of carbonyl (C=O) groups is 2. The molecule has 3 aromatic rings. The number of aromatic nitrogens is 4. The standard InChI is InChI=1S/C19H16F3N7O3/c20-19(21,22)12-1-2-15(25-9-12)28-5-7-29(8-6-28)17(31)14-11-32-18(26-14)27-16(30)13-10-23-3-4-24-13/h1-4,9-11H,5-8H2,(H,26,27,30). The number of nitrogens with one attached hydrogen (secondary N) is 1. The zero-order valence-electron chi connectivity index (χ0n) is 16.4. The molecule has 32 heavy (non-hydrogen) atoms. The molecule has 166 valence electrons. The van der Waals surface area contributed by atoms with Gasteiger partial charge in [0.2, 0.25) is 0 Å². The van der Waals surface area contributed by atoms with Crippen LogP contribution >= 0.6 is 0 Å². The van der Waals surface area contributed by atoms with Gasteiger partial charge >= 0.3 is 12.2 Å². The van der Waals surface area contributed by atoms with Crippen molar-refractivity contribution in [1.29, 1.82) is 0 Å². The molecule has 0 unspecified atom stereocenters. The molecule has 4 heterocycles. The third-order valence-corrected chi connectivity index (χ3v) is 4.71. The fourth-order valence-electron chi connectivity index (χ4n) is 3.05. The molecule has 1 saturated heterocycles. The van der Waals surface area contributed by atoms with E-state index in [1.54, 1.807) is 4.90 Å². The van der Waals surface area contributed by atoms with Crippen LogP contribution in [-0.4, -0.2) is 62.8 Å². The van der Waals surface area contributed by atoms with Crippen LogP contribution in [0.15, 0.2) is 47.6 Å². The van der Waals surface area contributed by atoms with Gasteiger partial charge in [-0.05, 0) is 12.1 Å². The molecule has 1 aliphatic rings. The van der Waals surface area contributed by atoms with E-state index in [2.05, 4.69) is 25.3 Å². The summed E-state index contributed by atoms with van der Waals surface area (Å²) in [5.74, 6) is -0.578. The summed E-state index contributed by atoms with van der Waals surface area (Å²) in [6.07, 6.45) is 1.54. The Labute approximate surface area is 179 Å². The SMILES string of the molecule is O=C(Nc1nc(C(=O)N2CCN(c3ccc(C(F)(F)F)cn3)CC2)co1)c1cnccn1. The van der Waals surface area contributed by atoms with Gasteiger partial charge in [0.1, 0.15) is 17.8 Å². The third-order valence-electron chi connectivity index (χ3n) is 4.71. The Morgan fingerprint density at radius 2 is 1.78 bits per heavy atom. The molecule has 1 fully saturated rings. The summed E-state index contributed by atoms with van der Waals surface area (Å²) in [4.78, 5) is 43.6. The summed E-state index contributed by atoms with van der Waals surface area (Å²) in [5, 5.41) is 2.39. The first-order valence-corrected chi connectivity index (χ1v) is 9.41. The van der Waals surface area contributed by atoms with E-state index in [1.165, 1.54) is 29.6 Å². The molecule has 13 heteroatoms. The number of carbonyl (C=O) groups excluding carboxylic acids is 2. The Morgan fingerprint density at radius 3 is 2.41 bits per heavy atom. The predicted octanol–water partition coefficient (Wildman–Crippen LogP) is 2.09. The Hall–Kier alpha value is -4.03. The number of nitrogens with zero attached hydrogens (tertiary/aromatic N) is 6. The van der Waals surface area contributed by atoms with E-state index in [4.69, 9.17) is 4.42 Å². The van der Waals surface area contributed by atoms with Crippen molar-refractivity contribution in [2.75, 3.05) is 36.4 Å². The first-order valence-electron chi connectivity index (χ1n) is 9.41. The molecule has 0 spiro atoms. The van der Waals surface area contributed by atoms with Gasteiger partial charge in [-0.15, -0.1) is 0 Å². The highest BCUT2D eigenvalue weighted by Crippen LogP contribution is 2.29. The third kappa shape index (κ3) is 4.66. The second-order valence-corrected chi connectivity index (χ2v) is 6.76. The number of piperazine rings is 1. The largest absolute Gasteiger partial charge is 0.431 e. The molecule has 0 saturated carbocycles. The van der Waals surface area contributed by atoms with E-state index in [9.17, 15) is 22.8 Å². The van der Waals surface area contributed by atoms with Gasteiger partial charge in [0.15, 0.2) is 5.69 Å². The van der Waals surface area contributed by atoms with Crippen LogP contribution in [0, 0.1) is 0 Å². The van der Waals surface area contributed by atoms with Crippen LogP contribution in [-0.2, 0) is 6.18 Å². The van der Waals surface area contributed by atoms with Crippen molar-refractivity contribution in [2.24, 2.45) is 0 Å². The van der Waals surface area contributed by atoms with Crippen molar-refractivity contribution in [3.05, 3.63) is 60.1 Å². The lowest BCUT2D eigenvalue weighted by molar-refractivity contribution is -0.137. The number of pyridine rings is 1. The number of oxazole rings is 1.